The molecule has 80 valence electrons. The molecule has 1 saturated carbocycles. The summed E-state index contributed by atoms with van der Waals surface area (Å²) in [6, 6.07) is 1.08. The normalized spacial score (nSPS) is 27.1. The average Bonchev–Trinajstić information content (AvgIpc) is 2.18. The summed E-state index contributed by atoms with van der Waals surface area (Å²) in [5.41, 5.74) is 5.91. The largest absolute Gasteiger partial charge is 0.328 e. The number of hydrogen-bond donors (Lipinski definition) is 2. The molecule has 1 fully saturated rings. The minimum atomic E-state index is 0.423. The van der Waals surface area contributed by atoms with E-state index in [1.807, 2.05) is 0 Å². The topological polar surface area (TPSA) is 38.0 Å². The van der Waals surface area contributed by atoms with Crippen molar-refractivity contribution in [2.75, 3.05) is 6.54 Å². The molecule has 0 radical (unpaired) electrons. The van der Waals surface area contributed by atoms with Crippen LogP contribution in [0, 0.1) is 12.3 Å². The van der Waals surface area contributed by atoms with Crippen LogP contribution in [-0.2, 0) is 0 Å². The third-order valence-electron chi connectivity index (χ3n) is 2.90. The van der Waals surface area contributed by atoms with E-state index in [1.165, 1.54) is 25.7 Å². The van der Waals surface area contributed by atoms with Gasteiger partial charge >= 0.3 is 0 Å². The second-order valence-electron chi connectivity index (χ2n) is 4.24. The first-order valence-corrected chi connectivity index (χ1v) is 5.75. The van der Waals surface area contributed by atoms with Crippen LogP contribution in [0.25, 0.3) is 0 Å². The summed E-state index contributed by atoms with van der Waals surface area (Å²) in [6.45, 7) is 1.10. The quantitative estimate of drug-likeness (QED) is 0.516. The zero-order chi connectivity index (χ0) is 10.2. The van der Waals surface area contributed by atoms with Crippen molar-refractivity contribution >= 4 is 0 Å². The standard InChI is InChI=1S/C12H22N2/c1-2-3-4-5-9-14-12-8-6-7-11(13)10-12/h1,11-12,14H,3-10,13H2. The van der Waals surface area contributed by atoms with Crippen LogP contribution in [0.3, 0.4) is 0 Å². The van der Waals surface area contributed by atoms with Gasteiger partial charge in [0.2, 0.25) is 0 Å². The number of nitrogens with two attached hydrogens (primary N) is 1. The molecule has 0 saturated heterocycles. The van der Waals surface area contributed by atoms with Crippen LogP contribution in [-0.4, -0.2) is 18.6 Å². The van der Waals surface area contributed by atoms with Crippen molar-refractivity contribution in [1.29, 1.82) is 0 Å². The Kier molecular flexibility index (Phi) is 5.66. The molecule has 1 aliphatic rings. The van der Waals surface area contributed by atoms with Gasteiger partial charge in [-0.05, 0) is 38.6 Å². The summed E-state index contributed by atoms with van der Waals surface area (Å²) in [6.07, 6.45) is 13.4. The SMILES string of the molecule is C#CCCCCNC1CCCC(N)C1. The molecule has 1 aliphatic carbocycles. The Hall–Kier alpha value is -0.520. The zero-order valence-electron chi connectivity index (χ0n) is 8.97. The third-order valence-corrected chi connectivity index (χ3v) is 2.90. The Morgan fingerprint density at radius 2 is 2.21 bits per heavy atom. The van der Waals surface area contributed by atoms with Gasteiger partial charge in [-0.25, -0.2) is 0 Å². The van der Waals surface area contributed by atoms with Gasteiger partial charge in [-0.1, -0.05) is 6.42 Å². The van der Waals surface area contributed by atoms with Crippen molar-refractivity contribution in [3.8, 4) is 12.3 Å². The third kappa shape index (κ3) is 4.64. The summed E-state index contributed by atoms with van der Waals surface area (Å²) < 4.78 is 0. The molecular formula is C12H22N2. The van der Waals surface area contributed by atoms with E-state index in [0.29, 0.717) is 12.1 Å². The van der Waals surface area contributed by atoms with Crippen molar-refractivity contribution in [3.63, 3.8) is 0 Å². The first-order valence-electron chi connectivity index (χ1n) is 5.75. The fourth-order valence-corrected chi connectivity index (χ4v) is 2.07. The van der Waals surface area contributed by atoms with Gasteiger partial charge in [0.05, 0.1) is 0 Å². The molecule has 1 rings (SSSR count). The highest BCUT2D eigenvalue weighted by molar-refractivity contribution is 4.83. The molecule has 0 heterocycles. The maximum atomic E-state index is 5.91. The smallest absolute Gasteiger partial charge is 0.00865 e. The van der Waals surface area contributed by atoms with Crippen molar-refractivity contribution in [2.24, 2.45) is 5.73 Å². The molecule has 0 aromatic carbocycles. The van der Waals surface area contributed by atoms with Gasteiger partial charge < -0.3 is 11.1 Å². The molecule has 3 N–H and O–H groups in total. The van der Waals surface area contributed by atoms with Crippen LogP contribution in [0.15, 0.2) is 0 Å². The van der Waals surface area contributed by atoms with E-state index in [-0.39, 0.29) is 0 Å². The number of rotatable bonds is 5. The van der Waals surface area contributed by atoms with E-state index >= 15 is 0 Å². The van der Waals surface area contributed by atoms with Gasteiger partial charge in [0.15, 0.2) is 0 Å². The molecule has 2 heteroatoms. The van der Waals surface area contributed by atoms with Gasteiger partial charge in [-0.3, -0.25) is 0 Å². The molecule has 2 nitrogen and oxygen atoms in total. The van der Waals surface area contributed by atoms with Gasteiger partial charge in [-0.15, -0.1) is 12.3 Å². The van der Waals surface area contributed by atoms with Gasteiger partial charge in [0.25, 0.3) is 0 Å². The van der Waals surface area contributed by atoms with E-state index < -0.39 is 0 Å². The van der Waals surface area contributed by atoms with E-state index in [4.69, 9.17) is 12.2 Å². The summed E-state index contributed by atoms with van der Waals surface area (Å²) in [4.78, 5) is 0. The Morgan fingerprint density at radius 3 is 2.93 bits per heavy atom. The second kappa shape index (κ2) is 6.86. The fraction of sp³-hybridized carbons (Fsp3) is 0.833. The highest BCUT2D eigenvalue weighted by Gasteiger charge is 2.17. The lowest BCUT2D eigenvalue weighted by molar-refractivity contribution is 0.338. The lowest BCUT2D eigenvalue weighted by atomic mass is 9.91. The highest BCUT2D eigenvalue weighted by atomic mass is 14.9. The van der Waals surface area contributed by atoms with Crippen LogP contribution in [0.2, 0.25) is 0 Å². The first kappa shape index (κ1) is 11.6. The predicted molar refractivity (Wildman–Crippen MR) is 60.9 cm³/mol. The van der Waals surface area contributed by atoms with Crippen molar-refractivity contribution < 1.29 is 0 Å². The number of nitrogens with one attached hydrogen (secondary N) is 1. The molecule has 2 unspecified atom stereocenters. The maximum absolute atomic E-state index is 5.91. The van der Waals surface area contributed by atoms with Crippen LogP contribution in [0.4, 0.5) is 0 Å². The minimum absolute atomic E-state index is 0.423. The van der Waals surface area contributed by atoms with Crippen molar-refractivity contribution in [2.45, 2.75) is 57.0 Å². The Labute approximate surface area is 87.6 Å². The van der Waals surface area contributed by atoms with E-state index in [1.54, 1.807) is 0 Å². The highest BCUT2D eigenvalue weighted by Crippen LogP contribution is 2.16. The lowest BCUT2D eigenvalue weighted by Gasteiger charge is -2.27. The first-order chi connectivity index (χ1) is 6.83. The molecular weight excluding hydrogens is 172 g/mol. The lowest BCUT2D eigenvalue weighted by Crippen LogP contribution is -2.39. The number of hydrogen-bond acceptors (Lipinski definition) is 2. The minimum Gasteiger partial charge on any atom is -0.328 e. The molecule has 2 atom stereocenters. The summed E-state index contributed by atoms with van der Waals surface area (Å²) in [5.74, 6) is 2.67. The molecule has 14 heavy (non-hydrogen) atoms. The number of unbranched alkanes of at least 4 members (excludes halogenated alkanes) is 2. The van der Waals surface area contributed by atoms with Crippen LogP contribution in [0.1, 0.15) is 44.9 Å². The van der Waals surface area contributed by atoms with E-state index in [9.17, 15) is 0 Å². The average molecular weight is 194 g/mol. The summed E-state index contributed by atoms with van der Waals surface area (Å²) in [7, 11) is 0. The van der Waals surface area contributed by atoms with Crippen molar-refractivity contribution in [3.05, 3.63) is 0 Å². The predicted octanol–water partition coefficient (Wildman–Crippen LogP) is 1.65. The maximum Gasteiger partial charge on any atom is 0.00865 e. The van der Waals surface area contributed by atoms with Gasteiger partial charge in [0, 0.05) is 18.5 Å². The van der Waals surface area contributed by atoms with Crippen molar-refractivity contribution in [1.82, 2.24) is 5.32 Å². The molecule has 0 aromatic heterocycles. The monoisotopic (exact) mass is 194 g/mol. The number of terminal acetylenes is 1. The molecule has 0 spiro atoms. The molecule has 0 aliphatic heterocycles. The Balaban J connectivity index is 1.98. The van der Waals surface area contributed by atoms with E-state index in [2.05, 4.69) is 11.2 Å². The van der Waals surface area contributed by atoms with Crippen LogP contribution < -0.4 is 11.1 Å². The second-order valence-corrected chi connectivity index (χ2v) is 4.24. The molecule has 0 amide bonds. The Morgan fingerprint density at radius 1 is 1.36 bits per heavy atom. The fourth-order valence-electron chi connectivity index (χ4n) is 2.07. The van der Waals surface area contributed by atoms with Crippen LogP contribution >= 0.6 is 0 Å². The zero-order valence-corrected chi connectivity index (χ0v) is 8.97. The summed E-state index contributed by atoms with van der Waals surface area (Å²) in [5, 5.41) is 3.56. The van der Waals surface area contributed by atoms with Gasteiger partial charge in [-0.2, -0.15) is 0 Å². The summed E-state index contributed by atoms with van der Waals surface area (Å²) >= 11 is 0. The van der Waals surface area contributed by atoms with E-state index in [0.717, 1.165) is 25.8 Å². The molecule has 0 aromatic rings. The van der Waals surface area contributed by atoms with Gasteiger partial charge in [0.1, 0.15) is 0 Å². The Bertz CT molecular complexity index is 183. The molecule has 0 bridgehead atoms. The van der Waals surface area contributed by atoms with Crippen LogP contribution in [0.5, 0.6) is 0 Å².